The highest BCUT2D eigenvalue weighted by atomic mass is 32.1. The second-order valence-corrected chi connectivity index (χ2v) is 10.2. The molecular weight excluding hydrogens is 511 g/mol. The van der Waals surface area contributed by atoms with Crippen LogP contribution in [0.15, 0.2) is 30.6 Å². The minimum absolute atomic E-state index is 0.101. The quantitative estimate of drug-likeness (QED) is 0.342. The number of nitrogens with zero attached hydrogens (tertiary/aromatic N) is 6. The topological polar surface area (TPSA) is 101 Å². The lowest BCUT2D eigenvalue weighted by Crippen LogP contribution is -2.49. The smallest absolute Gasteiger partial charge is 0.264 e. The summed E-state index contributed by atoms with van der Waals surface area (Å²) < 4.78 is 19.3. The zero-order valence-electron chi connectivity index (χ0n) is 22.6. The third-order valence-electron chi connectivity index (χ3n) is 6.47. The van der Waals surface area contributed by atoms with Gasteiger partial charge in [0.2, 0.25) is 12.3 Å². The summed E-state index contributed by atoms with van der Waals surface area (Å²) in [5, 5.41) is 9.58. The number of thiophene rings is 1. The summed E-state index contributed by atoms with van der Waals surface area (Å²) in [6, 6.07) is 3.22. The molecule has 0 spiro atoms. The molecule has 12 heteroatoms. The highest BCUT2D eigenvalue weighted by molar-refractivity contribution is 7.19. The predicted octanol–water partition coefficient (Wildman–Crippen LogP) is 3.32. The lowest BCUT2D eigenvalue weighted by molar-refractivity contribution is -0.138. The number of halogens is 1. The Labute approximate surface area is 225 Å². The molecule has 3 amide bonds. The number of likely N-dealkylation sites (N-methyl/N-ethyl adjacent to an activating group) is 2. The highest BCUT2D eigenvalue weighted by Crippen LogP contribution is 2.38. The highest BCUT2D eigenvalue weighted by Gasteiger charge is 2.34. The molecule has 0 N–H and O–H groups in total. The first kappa shape index (κ1) is 28.8. The molecule has 0 aliphatic heterocycles. The summed E-state index contributed by atoms with van der Waals surface area (Å²) in [6.45, 7) is 7.41. The van der Waals surface area contributed by atoms with Gasteiger partial charge in [-0.25, -0.2) is 4.39 Å². The molecule has 38 heavy (non-hydrogen) atoms. The van der Waals surface area contributed by atoms with Crippen LogP contribution in [0.1, 0.15) is 42.3 Å². The maximum atomic E-state index is 13.9. The molecule has 10 nitrogen and oxygen atoms in total. The van der Waals surface area contributed by atoms with E-state index >= 15 is 0 Å². The summed E-state index contributed by atoms with van der Waals surface area (Å²) in [4.78, 5) is 44.6. The summed E-state index contributed by atoms with van der Waals surface area (Å²) >= 11 is 1.29. The molecule has 0 radical (unpaired) electrons. The number of methoxy groups -OCH3 is 1. The van der Waals surface area contributed by atoms with Crippen molar-refractivity contribution in [2.45, 2.75) is 46.2 Å². The first-order chi connectivity index (χ1) is 18.0. The monoisotopic (exact) mass is 544 g/mol. The molecule has 3 rings (SSSR count). The van der Waals surface area contributed by atoms with E-state index in [4.69, 9.17) is 4.74 Å². The van der Waals surface area contributed by atoms with Gasteiger partial charge in [-0.2, -0.15) is 10.2 Å². The van der Waals surface area contributed by atoms with Gasteiger partial charge in [-0.3, -0.25) is 19.3 Å². The van der Waals surface area contributed by atoms with Crippen molar-refractivity contribution in [3.8, 4) is 10.8 Å². The SMILES string of the molecule is COc1ccc(F)cc1CCN(C)c1sc(-n2nccn2)c(C)c1C(=O)N(C=O)C(C)C(=O)N(C)C(C)C. The fraction of sp³-hybridized carbons (Fsp3) is 0.423. The average molecular weight is 545 g/mol. The number of hydrogen-bond acceptors (Lipinski definition) is 8. The minimum Gasteiger partial charge on any atom is -0.496 e. The van der Waals surface area contributed by atoms with Gasteiger partial charge < -0.3 is 14.5 Å². The van der Waals surface area contributed by atoms with Gasteiger partial charge in [-0.15, -0.1) is 4.80 Å². The van der Waals surface area contributed by atoms with Crippen molar-refractivity contribution in [2.75, 3.05) is 32.6 Å². The van der Waals surface area contributed by atoms with Gasteiger partial charge in [0, 0.05) is 32.2 Å². The molecule has 0 bridgehead atoms. The van der Waals surface area contributed by atoms with Gasteiger partial charge in [0.25, 0.3) is 5.91 Å². The van der Waals surface area contributed by atoms with E-state index in [1.54, 1.807) is 27.1 Å². The molecule has 0 aliphatic rings. The van der Waals surface area contributed by atoms with Gasteiger partial charge >= 0.3 is 0 Å². The van der Waals surface area contributed by atoms with Crippen molar-refractivity contribution < 1.29 is 23.5 Å². The normalized spacial score (nSPS) is 11.8. The van der Waals surface area contributed by atoms with Gasteiger partial charge in [-0.05, 0) is 57.9 Å². The van der Waals surface area contributed by atoms with Crippen molar-refractivity contribution in [3.05, 3.63) is 53.1 Å². The largest absolute Gasteiger partial charge is 0.496 e. The second kappa shape index (κ2) is 12.2. The Balaban J connectivity index is 2.00. The third kappa shape index (κ3) is 5.85. The molecule has 1 aromatic carbocycles. The van der Waals surface area contributed by atoms with Crippen LogP contribution in [0.25, 0.3) is 5.00 Å². The lowest BCUT2D eigenvalue weighted by atomic mass is 10.1. The molecule has 0 fully saturated rings. The Morgan fingerprint density at radius 2 is 1.84 bits per heavy atom. The van der Waals surface area contributed by atoms with Crippen LogP contribution in [-0.2, 0) is 16.0 Å². The number of hydrogen-bond donors (Lipinski definition) is 0. The van der Waals surface area contributed by atoms with Crippen LogP contribution in [0.2, 0.25) is 0 Å². The van der Waals surface area contributed by atoms with E-state index < -0.39 is 11.9 Å². The van der Waals surface area contributed by atoms with E-state index in [0.717, 1.165) is 4.90 Å². The number of aromatic nitrogens is 3. The second-order valence-electron chi connectivity index (χ2n) is 9.20. The summed E-state index contributed by atoms with van der Waals surface area (Å²) in [5.74, 6) is -0.760. The van der Waals surface area contributed by atoms with Gasteiger partial charge in [0.1, 0.15) is 27.6 Å². The molecule has 1 unspecified atom stereocenters. The molecule has 204 valence electrons. The lowest BCUT2D eigenvalue weighted by Gasteiger charge is -2.30. The third-order valence-corrected chi connectivity index (χ3v) is 7.84. The van der Waals surface area contributed by atoms with Crippen LogP contribution in [0.3, 0.4) is 0 Å². The van der Waals surface area contributed by atoms with E-state index in [1.807, 2.05) is 18.7 Å². The van der Waals surface area contributed by atoms with Crippen LogP contribution < -0.4 is 9.64 Å². The van der Waals surface area contributed by atoms with E-state index in [0.29, 0.717) is 46.3 Å². The number of carbonyl (C=O) groups is 3. The Bertz CT molecular complexity index is 1290. The Morgan fingerprint density at radius 3 is 2.42 bits per heavy atom. The van der Waals surface area contributed by atoms with E-state index in [1.165, 1.54) is 59.6 Å². The molecule has 0 saturated heterocycles. The zero-order chi connectivity index (χ0) is 28.1. The van der Waals surface area contributed by atoms with Crippen LogP contribution >= 0.6 is 11.3 Å². The summed E-state index contributed by atoms with van der Waals surface area (Å²) in [6.07, 6.45) is 3.88. The fourth-order valence-corrected chi connectivity index (χ4v) is 5.17. The van der Waals surface area contributed by atoms with E-state index in [2.05, 4.69) is 10.2 Å². The number of carbonyl (C=O) groups excluding carboxylic acids is 3. The Kier molecular flexibility index (Phi) is 9.21. The minimum atomic E-state index is -1.01. The Hall–Kier alpha value is -3.80. The number of anilines is 1. The van der Waals surface area contributed by atoms with Crippen LogP contribution in [0.5, 0.6) is 5.75 Å². The van der Waals surface area contributed by atoms with Crippen molar-refractivity contribution in [1.82, 2.24) is 24.8 Å². The van der Waals surface area contributed by atoms with Gasteiger partial charge in [-0.1, -0.05) is 11.3 Å². The molecular formula is C26H33FN6O4S. The first-order valence-corrected chi connectivity index (χ1v) is 12.9. The van der Waals surface area contributed by atoms with Crippen molar-refractivity contribution in [2.24, 2.45) is 0 Å². The number of ether oxygens (including phenoxy) is 1. The first-order valence-electron chi connectivity index (χ1n) is 12.1. The molecule has 0 aliphatic carbocycles. The average Bonchev–Trinajstić information content (AvgIpc) is 3.54. The molecule has 0 saturated carbocycles. The van der Waals surface area contributed by atoms with E-state index in [-0.39, 0.29) is 23.3 Å². The molecule has 2 heterocycles. The molecule has 3 aromatic rings. The zero-order valence-corrected chi connectivity index (χ0v) is 23.5. The number of amides is 3. The summed E-state index contributed by atoms with van der Waals surface area (Å²) in [7, 11) is 4.96. The number of rotatable bonds is 11. The standard InChI is InChI=1S/C26H33FN6O4S/c1-16(2)31(6)23(35)18(4)32(15-34)24(36)22-17(3)25(33-28-11-12-29-33)38-26(22)30(5)13-10-19-14-20(27)8-9-21(19)37-7/h8-9,11-12,14-16,18H,10,13H2,1-7H3. The summed E-state index contributed by atoms with van der Waals surface area (Å²) in [5.41, 5.74) is 1.53. The van der Waals surface area contributed by atoms with Crippen molar-refractivity contribution in [3.63, 3.8) is 0 Å². The van der Waals surface area contributed by atoms with Crippen molar-refractivity contribution in [1.29, 1.82) is 0 Å². The van der Waals surface area contributed by atoms with Crippen LogP contribution in [-0.4, -0.2) is 82.9 Å². The maximum Gasteiger partial charge on any atom is 0.264 e. The maximum absolute atomic E-state index is 13.9. The van der Waals surface area contributed by atoms with Gasteiger partial charge in [0.15, 0.2) is 0 Å². The number of benzene rings is 1. The van der Waals surface area contributed by atoms with Crippen LogP contribution in [0, 0.1) is 12.7 Å². The van der Waals surface area contributed by atoms with Crippen molar-refractivity contribution >= 4 is 34.6 Å². The number of imide groups is 1. The Morgan fingerprint density at radius 1 is 1.18 bits per heavy atom. The van der Waals surface area contributed by atoms with Gasteiger partial charge in [0.05, 0.1) is 25.1 Å². The molecule has 1 atom stereocenters. The van der Waals surface area contributed by atoms with Crippen LogP contribution in [0.4, 0.5) is 9.39 Å². The molecule has 2 aromatic heterocycles. The fourth-order valence-electron chi connectivity index (χ4n) is 3.96. The van der Waals surface area contributed by atoms with E-state index in [9.17, 15) is 18.8 Å². The predicted molar refractivity (Wildman–Crippen MR) is 144 cm³/mol.